The molecule has 1 atom stereocenters. The molecule has 1 rings (SSSR count). The molecule has 0 heterocycles. The van der Waals surface area contributed by atoms with Crippen molar-refractivity contribution < 1.29 is 9.53 Å². The maximum atomic E-state index is 11.5. The first-order valence-corrected chi connectivity index (χ1v) is 5.98. The van der Waals surface area contributed by atoms with E-state index < -0.39 is 5.25 Å². The fourth-order valence-electron chi connectivity index (χ4n) is 1.34. The number of hydrazine groups is 1. The predicted molar refractivity (Wildman–Crippen MR) is 69.4 cm³/mol. The van der Waals surface area contributed by atoms with Crippen LogP contribution in [0.4, 0.5) is 5.69 Å². The number of benzene rings is 1. The minimum atomic E-state index is -0.407. The maximum Gasteiger partial charge on any atom is 0.249 e. The van der Waals surface area contributed by atoms with Crippen LogP contribution in [0.25, 0.3) is 0 Å². The second kappa shape index (κ2) is 6.48. The summed E-state index contributed by atoms with van der Waals surface area (Å²) < 4.78 is 4.98. The maximum absolute atomic E-state index is 11.5. The molecule has 1 unspecified atom stereocenters. The van der Waals surface area contributed by atoms with Crippen molar-refractivity contribution in [3.63, 3.8) is 0 Å². The molecule has 1 aromatic rings. The highest BCUT2D eigenvalue weighted by Gasteiger charge is 2.19. The average molecular weight is 255 g/mol. The number of nitrogen functional groups attached to an aromatic ring is 1. The number of methoxy groups -OCH3 is 1. The molecular weight excluding hydrogens is 238 g/mol. The SMILES string of the molecule is COCC(Sc1ccc(C)cc1N)C(=O)NN. The molecule has 17 heavy (non-hydrogen) atoms. The molecule has 0 aliphatic heterocycles. The van der Waals surface area contributed by atoms with Gasteiger partial charge in [0.1, 0.15) is 5.25 Å². The number of amides is 1. The van der Waals surface area contributed by atoms with Gasteiger partial charge in [-0.1, -0.05) is 6.07 Å². The minimum Gasteiger partial charge on any atom is -0.398 e. The molecule has 0 saturated heterocycles. The summed E-state index contributed by atoms with van der Waals surface area (Å²) in [6.45, 7) is 2.24. The Balaban J connectivity index is 2.82. The van der Waals surface area contributed by atoms with Crippen molar-refractivity contribution in [3.05, 3.63) is 23.8 Å². The first-order valence-electron chi connectivity index (χ1n) is 5.10. The topological polar surface area (TPSA) is 90.4 Å². The van der Waals surface area contributed by atoms with Crippen LogP contribution < -0.4 is 17.0 Å². The van der Waals surface area contributed by atoms with Gasteiger partial charge in [0.15, 0.2) is 0 Å². The number of hydrogen-bond donors (Lipinski definition) is 3. The van der Waals surface area contributed by atoms with Gasteiger partial charge in [-0.15, -0.1) is 11.8 Å². The van der Waals surface area contributed by atoms with Crippen LogP contribution >= 0.6 is 11.8 Å². The summed E-state index contributed by atoms with van der Waals surface area (Å²) in [4.78, 5) is 12.4. The second-order valence-corrected chi connectivity index (χ2v) is 4.86. The Morgan fingerprint density at radius 2 is 2.29 bits per heavy atom. The van der Waals surface area contributed by atoms with Crippen molar-refractivity contribution >= 4 is 23.4 Å². The highest BCUT2D eigenvalue weighted by molar-refractivity contribution is 8.00. The third kappa shape index (κ3) is 3.92. The number of carbonyl (C=O) groups is 1. The van der Waals surface area contributed by atoms with Crippen molar-refractivity contribution in [2.45, 2.75) is 17.1 Å². The summed E-state index contributed by atoms with van der Waals surface area (Å²) in [5, 5.41) is -0.407. The van der Waals surface area contributed by atoms with E-state index in [1.807, 2.05) is 25.1 Å². The van der Waals surface area contributed by atoms with Gasteiger partial charge >= 0.3 is 0 Å². The van der Waals surface area contributed by atoms with Crippen LogP contribution in [-0.4, -0.2) is 24.9 Å². The van der Waals surface area contributed by atoms with E-state index in [0.717, 1.165) is 10.5 Å². The Morgan fingerprint density at radius 1 is 1.59 bits per heavy atom. The zero-order valence-electron chi connectivity index (χ0n) is 9.90. The normalized spacial score (nSPS) is 12.2. The van der Waals surface area contributed by atoms with E-state index in [2.05, 4.69) is 5.43 Å². The predicted octanol–water partition coefficient (Wildman–Crippen LogP) is 0.674. The molecule has 0 aliphatic carbocycles. The zero-order chi connectivity index (χ0) is 12.8. The highest BCUT2D eigenvalue weighted by atomic mass is 32.2. The van der Waals surface area contributed by atoms with Crippen LogP contribution in [0.5, 0.6) is 0 Å². The number of hydrogen-bond acceptors (Lipinski definition) is 5. The molecule has 0 radical (unpaired) electrons. The number of thioether (sulfide) groups is 1. The molecule has 0 spiro atoms. The minimum absolute atomic E-state index is 0.279. The van der Waals surface area contributed by atoms with E-state index >= 15 is 0 Å². The summed E-state index contributed by atoms with van der Waals surface area (Å²) in [6, 6.07) is 5.71. The number of nitrogens with one attached hydrogen (secondary N) is 1. The molecule has 5 N–H and O–H groups in total. The Labute approximate surface area is 105 Å². The van der Waals surface area contributed by atoms with Gasteiger partial charge in [-0.3, -0.25) is 10.2 Å². The molecule has 94 valence electrons. The monoisotopic (exact) mass is 255 g/mol. The molecule has 0 saturated carbocycles. The molecule has 0 aliphatic rings. The van der Waals surface area contributed by atoms with E-state index in [1.165, 1.54) is 18.9 Å². The lowest BCUT2D eigenvalue weighted by molar-refractivity contribution is -0.121. The number of carbonyl (C=O) groups excluding carboxylic acids is 1. The first kappa shape index (κ1) is 13.8. The largest absolute Gasteiger partial charge is 0.398 e. The van der Waals surface area contributed by atoms with Crippen LogP contribution in [0.1, 0.15) is 5.56 Å². The fourth-order valence-corrected chi connectivity index (χ4v) is 2.36. The number of anilines is 1. The Morgan fingerprint density at radius 3 is 2.82 bits per heavy atom. The van der Waals surface area contributed by atoms with Crippen LogP contribution in [0.3, 0.4) is 0 Å². The van der Waals surface area contributed by atoms with E-state index in [1.54, 1.807) is 0 Å². The molecule has 6 heteroatoms. The van der Waals surface area contributed by atoms with Gasteiger partial charge in [0.05, 0.1) is 6.61 Å². The Hall–Kier alpha value is -1.24. The molecule has 1 amide bonds. The van der Waals surface area contributed by atoms with Gasteiger partial charge in [0, 0.05) is 17.7 Å². The standard InChI is InChI=1S/C11H17N3O2S/c1-7-3-4-9(8(12)5-7)17-10(6-16-2)11(15)14-13/h3-5,10H,6,12-13H2,1-2H3,(H,14,15). The highest BCUT2D eigenvalue weighted by Crippen LogP contribution is 2.29. The summed E-state index contributed by atoms with van der Waals surface area (Å²) in [5.74, 6) is 4.84. The zero-order valence-corrected chi connectivity index (χ0v) is 10.7. The van der Waals surface area contributed by atoms with Crippen LogP contribution in [0.2, 0.25) is 0 Å². The van der Waals surface area contributed by atoms with Crippen molar-refractivity contribution in [2.24, 2.45) is 5.84 Å². The average Bonchev–Trinajstić information content (AvgIpc) is 2.30. The van der Waals surface area contributed by atoms with Crippen molar-refractivity contribution in [1.82, 2.24) is 5.43 Å². The Kier molecular flexibility index (Phi) is 5.27. The van der Waals surface area contributed by atoms with E-state index in [4.69, 9.17) is 16.3 Å². The van der Waals surface area contributed by atoms with Gasteiger partial charge in [-0.25, -0.2) is 5.84 Å². The van der Waals surface area contributed by atoms with Gasteiger partial charge < -0.3 is 10.5 Å². The second-order valence-electron chi connectivity index (χ2n) is 3.61. The summed E-state index contributed by atoms with van der Waals surface area (Å²) >= 11 is 1.34. The van der Waals surface area contributed by atoms with Crippen molar-refractivity contribution in [1.29, 1.82) is 0 Å². The van der Waals surface area contributed by atoms with Gasteiger partial charge in [-0.05, 0) is 24.6 Å². The third-order valence-electron chi connectivity index (χ3n) is 2.19. The summed E-state index contributed by atoms with van der Waals surface area (Å²) in [7, 11) is 1.54. The summed E-state index contributed by atoms with van der Waals surface area (Å²) in [5.41, 5.74) is 9.74. The number of rotatable bonds is 5. The van der Waals surface area contributed by atoms with Crippen LogP contribution in [-0.2, 0) is 9.53 Å². The van der Waals surface area contributed by atoms with E-state index in [-0.39, 0.29) is 12.5 Å². The number of nitrogens with two attached hydrogens (primary N) is 2. The van der Waals surface area contributed by atoms with Gasteiger partial charge in [0.2, 0.25) is 5.91 Å². The molecular formula is C11H17N3O2S. The van der Waals surface area contributed by atoms with E-state index in [0.29, 0.717) is 5.69 Å². The quantitative estimate of drug-likeness (QED) is 0.236. The fraction of sp³-hybridized carbons (Fsp3) is 0.364. The number of aryl methyl sites for hydroxylation is 1. The first-order chi connectivity index (χ1) is 8.08. The Bertz CT molecular complexity index is 398. The lowest BCUT2D eigenvalue weighted by atomic mass is 10.2. The lowest BCUT2D eigenvalue weighted by Gasteiger charge is -2.15. The van der Waals surface area contributed by atoms with Gasteiger partial charge in [-0.2, -0.15) is 0 Å². The van der Waals surface area contributed by atoms with Crippen molar-refractivity contribution in [3.8, 4) is 0 Å². The summed E-state index contributed by atoms with van der Waals surface area (Å²) in [6.07, 6.45) is 0. The lowest BCUT2D eigenvalue weighted by Crippen LogP contribution is -2.39. The molecule has 5 nitrogen and oxygen atoms in total. The number of ether oxygens (including phenoxy) is 1. The van der Waals surface area contributed by atoms with Crippen LogP contribution in [0, 0.1) is 6.92 Å². The molecule has 0 fully saturated rings. The third-order valence-corrected chi connectivity index (χ3v) is 3.45. The molecule has 1 aromatic carbocycles. The van der Waals surface area contributed by atoms with Gasteiger partial charge in [0.25, 0.3) is 0 Å². The molecule has 0 bridgehead atoms. The van der Waals surface area contributed by atoms with E-state index in [9.17, 15) is 4.79 Å². The van der Waals surface area contributed by atoms with Crippen molar-refractivity contribution in [2.75, 3.05) is 19.5 Å². The molecule has 0 aromatic heterocycles. The van der Waals surface area contributed by atoms with Crippen LogP contribution in [0.15, 0.2) is 23.1 Å². The smallest absolute Gasteiger partial charge is 0.249 e.